The maximum atomic E-state index is 10.7. The molecule has 0 atom stereocenters. The molecule has 2 aromatic rings. The Morgan fingerprint density at radius 2 is 2.00 bits per heavy atom. The van der Waals surface area contributed by atoms with Crippen LogP contribution in [0.15, 0.2) is 34.7 Å². The van der Waals surface area contributed by atoms with Crippen LogP contribution in [0.2, 0.25) is 0 Å². The Morgan fingerprint density at radius 1 is 1.15 bits per heavy atom. The third-order valence-electron chi connectivity index (χ3n) is 2.82. The van der Waals surface area contributed by atoms with Crippen molar-refractivity contribution in [3.05, 3.63) is 47.4 Å². The first-order valence-electron chi connectivity index (χ1n) is 6.00. The van der Waals surface area contributed by atoms with E-state index in [9.17, 15) is 4.79 Å². The molecule has 6 heteroatoms. The number of hydrogen-bond acceptors (Lipinski definition) is 5. The summed E-state index contributed by atoms with van der Waals surface area (Å²) in [5, 5.41) is 8.73. The molecule has 1 aromatic heterocycles. The first-order chi connectivity index (χ1) is 9.72. The Labute approximate surface area is 114 Å². The molecule has 0 fully saturated rings. The lowest BCUT2D eigenvalue weighted by Gasteiger charge is -2.04. The largest absolute Gasteiger partial charge is 0.475 e. The van der Waals surface area contributed by atoms with E-state index < -0.39 is 5.97 Å². The fraction of sp³-hybridized carbons (Fsp3) is 0.214. The number of fused-ring (bicyclic) bond motifs is 1. The fourth-order valence-corrected chi connectivity index (χ4v) is 1.87. The van der Waals surface area contributed by atoms with Gasteiger partial charge in [0, 0.05) is 0 Å². The average molecular weight is 276 g/mol. The summed E-state index contributed by atoms with van der Waals surface area (Å²) in [5.41, 5.74) is 0.944. The number of benzene rings is 1. The number of carbonyl (C=O) groups is 1. The van der Waals surface area contributed by atoms with Crippen LogP contribution in [0.4, 0.5) is 0 Å². The summed E-state index contributed by atoms with van der Waals surface area (Å²) in [6.07, 6.45) is 0. The molecule has 3 rings (SSSR count). The van der Waals surface area contributed by atoms with Crippen LogP contribution in [-0.2, 0) is 18.0 Å². The minimum absolute atomic E-state index is 0.0910. The number of carboxylic acid groups (broad SMARTS) is 1. The molecular weight excluding hydrogens is 264 g/mol. The van der Waals surface area contributed by atoms with E-state index in [1.807, 2.05) is 18.2 Å². The number of ether oxygens (including phenoxy) is 3. The number of carboxylic acids is 1. The zero-order valence-electron chi connectivity index (χ0n) is 10.5. The zero-order chi connectivity index (χ0) is 13.9. The van der Waals surface area contributed by atoms with E-state index in [1.165, 1.54) is 6.07 Å². The van der Waals surface area contributed by atoms with Crippen LogP contribution < -0.4 is 9.47 Å². The molecule has 104 valence electrons. The van der Waals surface area contributed by atoms with Gasteiger partial charge in [-0.25, -0.2) is 4.79 Å². The molecular formula is C14H12O6. The molecule has 2 heterocycles. The lowest BCUT2D eigenvalue weighted by Crippen LogP contribution is -1.94. The summed E-state index contributed by atoms with van der Waals surface area (Å²) in [4.78, 5) is 10.7. The van der Waals surface area contributed by atoms with Gasteiger partial charge in [-0.1, -0.05) is 6.07 Å². The second-order valence-electron chi connectivity index (χ2n) is 4.25. The number of hydrogen-bond donors (Lipinski definition) is 1. The van der Waals surface area contributed by atoms with Gasteiger partial charge < -0.3 is 23.7 Å². The van der Waals surface area contributed by atoms with Crippen molar-refractivity contribution in [2.75, 3.05) is 6.79 Å². The quantitative estimate of drug-likeness (QED) is 0.903. The Hall–Kier alpha value is -2.47. The Morgan fingerprint density at radius 3 is 2.80 bits per heavy atom. The minimum Gasteiger partial charge on any atom is -0.475 e. The summed E-state index contributed by atoms with van der Waals surface area (Å²) in [5.74, 6) is 0.727. The van der Waals surface area contributed by atoms with Gasteiger partial charge in [0.2, 0.25) is 12.6 Å². The summed E-state index contributed by atoms with van der Waals surface area (Å²) in [6, 6.07) is 8.56. The van der Waals surface area contributed by atoms with Crippen LogP contribution in [-0.4, -0.2) is 17.9 Å². The van der Waals surface area contributed by atoms with Crippen LogP contribution in [0, 0.1) is 0 Å². The van der Waals surface area contributed by atoms with Crippen molar-refractivity contribution in [3.8, 4) is 11.5 Å². The van der Waals surface area contributed by atoms with Crippen LogP contribution >= 0.6 is 0 Å². The van der Waals surface area contributed by atoms with Gasteiger partial charge in [0.25, 0.3) is 0 Å². The first kappa shape index (κ1) is 12.6. The standard InChI is InChI=1S/C14H12O6/c15-14(16)12-4-2-10(20-12)7-17-6-9-1-3-11-13(5-9)19-8-18-11/h1-5H,6-8H2,(H,15,16). The molecule has 0 saturated carbocycles. The molecule has 0 unspecified atom stereocenters. The van der Waals surface area contributed by atoms with Gasteiger partial charge >= 0.3 is 5.97 Å². The highest BCUT2D eigenvalue weighted by molar-refractivity contribution is 5.84. The Kier molecular flexibility index (Phi) is 3.30. The van der Waals surface area contributed by atoms with E-state index in [0.29, 0.717) is 18.1 Å². The van der Waals surface area contributed by atoms with Crippen molar-refractivity contribution in [2.24, 2.45) is 0 Å². The monoisotopic (exact) mass is 276 g/mol. The minimum atomic E-state index is -1.09. The molecule has 20 heavy (non-hydrogen) atoms. The summed E-state index contributed by atoms with van der Waals surface area (Å²) in [6.45, 7) is 0.825. The number of aromatic carboxylic acids is 1. The highest BCUT2D eigenvalue weighted by Gasteiger charge is 2.13. The second kappa shape index (κ2) is 5.26. The highest BCUT2D eigenvalue weighted by atomic mass is 16.7. The molecule has 0 amide bonds. The fourth-order valence-electron chi connectivity index (χ4n) is 1.87. The lowest BCUT2D eigenvalue weighted by molar-refractivity contribution is 0.0640. The predicted molar refractivity (Wildman–Crippen MR) is 66.7 cm³/mol. The topological polar surface area (TPSA) is 78.1 Å². The van der Waals surface area contributed by atoms with E-state index in [1.54, 1.807) is 6.07 Å². The van der Waals surface area contributed by atoms with E-state index in [2.05, 4.69) is 0 Å². The molecule has 1 aliphatic rings. The second-order valence-corrected chi connectivity index (χ2v) is 4.25. The van der Waals surface area contributed by atoms with Crippen LogP contribution in [0.25, 0.3) is 0 Å². The summed E-state index contributed by atoms with van der Waals surface area (Å²) >= 11 is 0. The van der Waals surface area contributed by atoms with Crippen LogP contribution in [0.5, 0.6) is 11.5 Å². The SMILES string of the molecule is O=C(O)c1ccc(COCc2ccc3c(c2)OCO3)o1. The zero-order valence-corrected chi connectivity index (χ0v) is 10.5. The summed E-state index contributed by atoms with van der Waals surface area (Å²) < 4.78 is 21.1. The first-order valence-corrected chi connectivity index (χ1v) is 6.00. The molecule has 0 aliphatic carbocycles. The van der Waals surface area contributed by atoms with E-state index in [4.69, 9.17) is 23.7 Å². The molecule has 0 bridgehead atoms. The third-order valence-corrected chi connectivity index (χ3v) is 2.82. The van der Waals surface area contributed by atoms with E-state index >= 15 is 0 Å². The van der Waals surface area contributed by atoms with Gasteiger partial charge in [0.1, 0.15) is 12.4 Å². The molecule has 1 aromatic carbocycles. The van der Waals surface area contributed by atoms with Gasteiger partial charge in [0.05, 0.1) is 6.61 Å². The Bertz CT molecular complexity index is 630. The van der Waals surface area contributed by atoms with Crippen LogP contribution in [0.3, 0.4) is 0 Å². The van der Waals surface area contributed by atoms with E-state index in [0.717, 1.165) is 11.3 Å². The molecule has 0 radical (unpaired) electrons. The number of furan rings is 1. The van der Waals surface area contributed by atoms with Crippen molar-refractivity contribution in [2.45, 2.75) is 13.2 Å². The van der Waals surface area contributed by atoms with Crippen molar-refractivity contribution >= 4 is 5.97 Å². The van der Waals surface area contributed by atoms with E-state index in [-0.39, 0.29) is 19.2 Å². The number of rotatable bonds is 5. The molecule has 6 nitrogen and oxygen atoms in total. The van der Waals surface area contributed by atoms with Crippen molar-refractivity contribution in [1.82, 2.24) is 0 Å². The van der Waals surface area contributed by atoms with Gasteiger partial charge in [-0.05, 0) is 29.8 Å². The molecule has 0 spiro atoms. The van der Waals surface area contributed by atoms with Crippen LogP contribution in [0.1, 0.15) is 21.9 Å². The maximum absolute atomic E-state index is 10.7. The average Bonchev–Trinajstić information content (AvgIpc) is 3.06. The molecule has 1 N–H and O–H groups in total. The van der Waals surface area contributed by atoms with Crippen molar-refractivity contribution in [3.63, 3.8) is 0 Å². The third kappa shape index (κ3) is 2.60. The normalized spacial score (nSPS) is 12.6. The van der Waals surface area contributed by atoms with Crippen molar-refractivity contribution < 1.29 is 28.5 Å². The summed E-state index contributed by atoms with van der Waals surface area (Å²) in [7, 11) is 0. The maximum Gasteiger partial charge on any atom is 0.371 e. The smallest absolute Gasteiger partial charge is 0.371 e. The van der Waals surface area contributed by atoms with Gasteiger partial charge in [-0.15, -0.1) is 0 Å². The molecule has 1 aliphatic heterocycles. The van der Waals surface area contributed by atoms with Gasteiger partial charge in [0.15, 0.2) is 11.5 Å². The Balaban J connectivity index is 1.55. The molecule has 0 saturated heterocycles. The van der Waals surface area contributed by atoms with Gasteiger partial charge in [-0.3, -0.25) is 0 Å². The highest BCUT2D eigenvalue weighted by Crippen LogP contribution is 2.32. The van der Waals surface area contributed by atoms with Gasteiger partial charge in [-0.2, -0.15) is 0 Å². The predicted octanol–water partition coefficient (Wildman–Crippen LogP) is 2.42. The lowest BCUT2D eigenvalue weighted by atomic mass is 10.2. The van der Waals surface area contributed by atoms with Crippen molar-refractivity contribution in [1.29, 1.82) is 0 Å².